The Morgan fingerprint density at radius 1 is 1.27 bits per heavy atom. The van der Waals surface area contributed by atoms with Crippen LogP contribution in [-0.2, 0) is 4.74 Å². The predicted molar refractivity (Wildman–Crippen MR) is 79.4 cm³/mol. The number of halogens is 2. The first kappa shape index (κ1) is 16.3. The Morgan fingerprint density at radius 2 is 1.91 bits per heavy atom. The lowest BCUT2D eigenvalue weighted by Gasteiger charge is -2.22. The largest absolute Gasteiger partial charge is 0.482 e. The quantitative estimate of drug-likeness (QED) is 0.825. The number of benzene rings is 1. The Kier molecular flexibility index (Phi) is 4.13. The molecule has 0 saturated carbocycles. The standard InChI is InChI=1S/C16H19F2NO3/c1-6-21-15(20)19-9(2)7-10-12(19)8-11(17)14(13(10)18)22-16(3,4)5/h7-8H,6H2,1-5H3. The lowest BCUT2D eigenvalue weighted by atomic mass is 10.1. The molecule has 1 aromatic carbocycles. The van der Waals surface area contributed by atoms with E-state index in [2.05, 4.69) is 0 Å². The van der Waals surface area contributed by atoms with Gasteiger partial charge < -0.3 is 9.47 Å². The molecule has 0 aliphatic carbocycles. The third kappa shape index (κ3) is 2.91. The van der Waals surface area contributed by atoms with Crippen LogP contribution >= 0.6 is 0 Å². The van der Waals surface area contributed by atoms with Crippen molar-refractivity contribution in [2.24, 2.45) is 0 Å². The van der Waals surface area contributed by atoms with Gasteiger partial charge in [0.2, 0.25) is 0 Å². The summed E-state index contributed by atoms with van der Waals surface area (Å²) in [7, 11) is 0. The smallest absolute Gasteiger partial charge is 0.418 e. The Labute approximate surface area is 127 Å². The number of carbonyl (C=O) groups excluding carboxylic acids is 1. The fraction of sp³-hybridized carbons (Fsp3) is 0.438. The van der Waals surface area contributed by atoms with E-state index < -0.39 is 29.1 Å². The van der Waals surface area contributed by atoms with Gasteiger partial charge in [-0.05, 0) is 40.7 Å². The molecule has 4 nitrogen and oxygen atoms in total. The molecular weight excluding hydrogens is 292 g/mol. The maximum absolute atomic E-state index is 14.6. The van der Waals surface area contributed by atoms with Crippen LogP contribution in [0.1, 0.15) is 33.4 Å². The topological polar surface area (TPSA) is 40.5 Å². The van der Waals surface area contributed by atoms with Crippen molar-refractivity contribution in [2.45, 2.75) is 40.2 Å². The van der Waals surface area contributed by atoms with Crippen LogP contribution in [0.25, 0.3) is 10.9 Å². The summed E-state index contributed by atoms with van der Waals surface area (Å²) in [5, 5.41) is 0.117. The van der Waals surface area contributed by atoms with Gasteiger partial charge in [-0.2, -0.15) is 0 Å². The van der Waals surface area contributed by atoms with E-state index >= 15 is 0 Å². The van der Waals surface area contributed by atoms with Crippen LogP contribution in [0.4, 0.5) is 13.6 Å². The van der Waals surface area contributed by atoms with E-state index in [1.807, 2.05) is 0 Å². The monoisotopic (exact) mass is 311 g/mol. The SMILES string of the molecule is CCOC(=O)n1c(C)cc2c(F)c(OC(C)(C)C)c(F)cc21. The van der Waals surface area contributed by atoms with Crippen molar-refractivity contribution in [2.75, 3.05) is 6.61 Å². The van der Waals surface area contributed by atoms with Crippen LogP contribution < -0.4 is 4.74 Å². The van der Waals surface area contributed by atoms with Crippen LogP contribution in [0.15, 0.2) is 12.1 Å². The second kappa shape index (κ2) is 5.59. The van der Waals surface area contributed by atoms with Gasteiger partial charge in [0.15, 0.2) is 17.4 Å². The lowest BCUT2D eigenvalue weighted by Crippen LogP contribution is -2.24. The van der Waals surface area contributed by atoms with Crippen molar-refractivity contribution in [3.8, 4) is 5.75 Å². The Morgan fingerprint density at radius 3 is 2.45 bits per heavy atom. The van der Waals surface area contributed by atoms with Crippen LogP contribution in [-0.4, -0.2) is 22.9 Å². The average molecular weight is 311 g/mol. The molecule has 22 heavy (non-hydrogen) atoms. The third-order valence-corrected chi connectivity index (χ3v) is 3.00. The molecule has 2 aromatic rings. The number of aryl methyl sites for hydroxylation is 1. The minimum Gasteiger partial charge on any atom is -0.482 e. The van der Waals surface area contributed by atoms with Gasteiger partial charge in [0.25, 0.3) is 0 Å². The van der Waals surface area contributed by atoms with Gasteiger partial charge in [-0.3, -0.25) is 0 Å². The molecule has 0 fully saturated rings. The minimum atomic E-state index is -0.858. The number of rotatable bonds is 2. The number of fused-ring (bicyclic) bond motifs is 1. The Balaban J connectivity index is 2.66. The zero-order valence-corrected chi connectivity index (χ0v) is 13.3. The molecule has 0 bridgehead atoms. The number of aromatic nitrogens is 1. The lowest BCUT2D eigenvalue weighted by molar-refractivity contribution is 0.118. The second-order valence-electron chi connectivity index (χ2n) is 5.97. The van der Waals surface area contributed by atoms with Crippen LogP contribution in [0.3, 0.4) is 0 Å². The van der Waals surface area contributed by atoms with Crippen LogP contribution in [0, 0.1) is 18.6 Å². The highest BCUT2D eigenvalue weighted by Gasteiger charge is 2.25. The molecule has 1 aromatic heterocycles. The molecule has 0 N–H and O–H groups in total. The molecule has 0 aliphatic heterocycles. The zero-order chi connectivity index (χ0) is 16.7. The van der Waals surface area contributed by atoms with Crippen molar-refractivity contribution in [3.63, 3.8) is 0 Å². The highest BCUT2D eigenvalue weighted by atomic mass is 19.1. The maximum atomic E-state index is 14.6. The first-order valence-corrected chi connectivity index (χ1v) is 7.02. The van der Waals surface area contributed by atoms with Gasteiger partial charge in [0, 0.05) is 17.1 Å². The van der Waals surface area contributed by atoms with E-state index in [4.69, 9.17) is 9.47 Å². The molecule has 6 heteroatoms. The summed E-state index contributed by atoms with van der Waals surface area (Å²) in [6, 6.07) is 2.56. The van der Waals surface area contributed by atoms with Gasteiger partial charge >= 0.3 is 6.09 Å². The van der Waals surface area contributed by atoms with Crippen molar-refractivity contribution >= 4 is 17.0 Å². The molecule has 0 radical (unpaired) electrons. The molecule has 0 saturated heterocycles. The van der Waals surface area contributed by atoms with Gasteiger partial charge in [0.1, 0.15) is 5.60 Å². The molecule has 0 unspecified atom stereocenters. The van der Waals surface area contributed by atoms with Gasteiger partial charge in [-0.1, -0.05) is 0 Å². The molecule has 0 aliphatic rings. The summed E-state index contributed by atoms with van der Waals surface area (Å²) in [6.45, 7) is 8.56. The van der Waals surface area contributed by atoms with Crippen LogP contribution in [0.2, 0.25) is 0 Å². The number of nitrogens with zero attached hydrogens (tertiary/aromatic N) is 1. The highest BCUT2D eigenvalue weighted by molar-refractivity contribution is 5.92. The number of carbonyl (C=O) groups is 1. The summed E-state index contributed by atoms with van der Waals surface area (Å²) in [5.74, 6) is -2.12. The average Bonchev–Trinajstić information content (AvgIpc) is 2.70. The maximum Gasteiger partial charge on any atom is 0.418 e. The fourth-order valence-electron chi connectivity index (χ4n) is 2.22. The first-order valence-electron chi connectivity index (χ1n) is 7.02. The summed E-state index contributed by atoms with van der Waals surface area (Å²) in [5.41, 5.74) is -0.166. The molecular formula is C16H19F2NO3. The highest BCUT2D eigenvalue weighted by Crippen LogP contribution is 2.33. The fourth-order valence-corrected chi connectivity index (χ4v) is 2.22. The van der Waals surface area contributed by atoms with E-state index in [9.17, 15) is 13.6 Å². The molecule has 0 amide bonds. The van der Waals surface area contributed by atoms with E-state index in [0.717, 1.165) is 10.6 Å². The molecule has 0 atom stereocenters. The third-order valence-electron chi connectivity index (χ3n) is 3.00. The molecule has 1 heterocycles. The van der Waals surface area contributed by atoms with E-state index in [0.29, 0.717) is 5.69 Å². The molecule has 2 rings (SSSR count). The summed E-state index contributed by atoms with van der Waals surface area (Å²) < 4.78 is 40.2. The molecule has 0 spiro atoms. The Hall–Kier alpha value is -2.11. The van der Waals surface area contributed by atoms with E-state index in [1.165, 1.54) is 6.07 Å². The summed E-state index contributed by atoms with van der Waals surface area (Å²) in [4.78, 5) is 11.9. The van der Waals surface area contributed by atoms with Crippen molar-refractivity contribution in [1.29, 1.82) is 0 Å². The van der Waals surface area contributed by atoms with Crippen LogP contribution in [0.5, 0.6) is 5.75 Å². The normalized spacial score (nSPS) is 11.8. The number of hydrogen-bond donors (Lipinski definition) is 0. The van der Waals surface area contributed by atoms with Gasteiger partial charge in [-0.25, -0.2) is 18.1 Å². The molecule has 120 valence electrons. The minimum absolute atomic E-state index is 0.117. The van der Waals surface area contributed by atoms with Crippen molar-refractivity contribution < 1.29 is 23.0 Å². The Bertz CT molecular complexity index is 729. The zero-order valence-electron chi connectivity index (χ0n) is 13.3. The number of hydrogen-bond acceptors (Lipinski definition) is 3. The number of ether oxygens (including phenoxy) is 2. The summed E-state index contributed by atoms with van der Waals surface area (Å²) >= 11 is 0. The van der Waals surface area contributed by atoms with Gasteiger partial charge in [-0.15, -0.1) is 0 Å². The van der Waals surface area contributed by atoms with E-state index in [1.54, 1.807) is 34.6 Å². The van der Waals surface area contributed by atoms with Crippen molar-refractivity contribution in [1.82, 2.24) is 4.57 Å². The summed E-state index contributed by atoms with van der Waals surface area (Å²) in [6.07, 6.45) is -0.668. The first-order chi connectivity index (χ1) is 10.2. The van der Waals surface area contributed by atoms with Gasteiger partial charge in [0.05, 0.1) is 12.1 Å². The van der Waals surface area contributed by atoms with Crippen molar-refractivity contribution in [3.05, 3.63) is 29.5 Å². The second-order valence-corrected chi connectivity index (χ2v) is 5.97. The van der Waals surface area contributed by atoms with E-state index in [-0.39, 0.29) is 17.5 Å². The predicted octanol–water partition coefficient (Wildman–Crippen LogP) is 4.41.